The van der Waals surface area contributed by atoms with E-state index >= 15 is 0 Å². The predicted octanol–water partition coefficient (Wildman–Crippen LogP) is 0.507. The quantitative estimate of drug-likeness (QED) is 0.489. The van der Waals surface area contributed by atoms with Crippen molar-refractivity contribution in [2.45, 2.75) is 36.9 Å². The average Bonchev–Trinajstić information content (AvgIpc) is 3.43. The molecule has 3 aromatic rings. The Balaban J connectivity index is 1.30. The molecule has 0 radical (unpaired) electrons. The molecular weight excluding hydrogens is 460 g/mol. The van der Waals surface area contributed by atoms with Crippen LogP contribution in [0.4, 0.5) is 0 Å². The summed E-state index contributed by atoms with van der Waals surface area (Å²) in [6, 6.07) is 12.5. The fourth-order valence-corrected chi connectivity index (χ4v) is 5.06. The molecule has 0 aliphatic carbocycles. The number of hydrogen-bond donors (Lipinski definition) is 2. The highest BCUT2D eigenvalue weighted by atomic mass is 32.2. The molecule has 3 amide bonds. The summed E-state index contributed by atoms with van der Waals surface area (Å²) < 4.78 is 28.7. The lowest BCUT2D eigenvalue weighted by atomic mass is 10.0. The topological polar surface area (TPSA) is 143 Å². The van der Waals surface area contributed by atoms with Crippen LogP contribution in [0, 0.1) is 0 Å². The molecule has 1 saturated heterocycles. The van der Waals surface area contributed by atoms with Crippen molar-refractivity contribution >= 4 is 27.7 Å². The van der Waals surface area contributed by atoms with E-state index in [2.05, 4.69) is 20.4 Å². The van der Waals surface area contributed by atoms with E-state index in [-0.39, 0.29) is 36.2 Å². The fourth-order valence-electron chi connectivity index (χ4n) is 4.04. The fraction of sp³-hybridized carbons (Fsp3) is 0.227. The number of fused-ring (bicyclic) bond motifs is 1. The summed E-state index contributed by atoms with van der Waals surface area (Å²) in [5.41, 5.74) is 2.19. The Labute approximate surface area is 194 Å². The molecule has 174 valence electrons. The molecule has 0 bridgehead atoms. The molecule has 2 N–H and O–H groups in total. The molecule has 1 atom stereocenters. The Hall–Kier alpha value is -3.90. The van der Waals surface area contributed by atoms with E-state index in [0.717, 1.165) is 5.56 Å². The molecule has 2 aliphatic rings. The summed E-state index contributed by atoms with van der Waals surface area (Å²) in [5.74, 6) is -1.08. The summed E-state index contributed by atoms with van der Waals surface area (Å²) >= 11 is 0. The Kier molecular flexibility index (Phi) is 5.46. The third-order valence-electron chi connectivity index (χ3n) is 5.81. The second-order valence-electron chi connectivity index (χ2n) is 8.03. The van der Waals surface area contributed by atoms with Gasteiger partial charge >= 0.3 is 0 Å². The lowest BCUT2D eigenvalue weighted by Gasteiger charge is -2.29. The van der Waals surface area contributed by atoms with E-state index in [9.17, 15) is 22.8 Å². The number of nitrogens with one attached hydrogen (secondary N) is 2. The van der Waals surface area contributed by atoms with E-state index in [1.54, 1.807) is 42.6 Å². The van der Waals surface area contributed by atoms with Crippen LogP contribution in [0.5, 0.6) is 0 Å². The Morgan fingerprint density at radius 1 is 1.09 bits per heavy atom. The zero-order valence-corrected chi connectivity index (χ0v) is 18.7. The molecule has 0 spiro atoms. The highest BCUT2D eigenvalue weighted by molar-refractivity contribution is 7.89. The number of imide groups is 1. The highest BCUT2D eigenvalue weighted by Gasteiger charge is 2.39. The number of sulfonamides is 1. The van der Waals surface area contributed by atoms with Gasteiger partial charge in [-0.25, -0.2) is 17.8 Å². The number of carbonyl (C=O) groups is 3. The van der Waals surface area contributed by atoms with Crippen LogP contribution in [0.2, 0.25) is 0 Å². The van der Waals surface area contributed by atoms with Gasteiger partial charge in [-0.1, -0.05) is 29.5 Å². The average molecular weight is 481 g/mol. The van der Waals surface area contributed by atoms with E-state index in [4.69, 9.17) is 0 Å². The Bertz CT molecular complexity index is 1400. The van der Waals surface area contributed by atoms with Crippen molar-refractivity contribution in [3.05, 3.63) is 71.5 Å². The number of hydrogen-bond acceptors (Lipinski definition) is 7. The Morgan fingerprint density at radius 3 is 2.65 bits per heavy atom. The van der Waals surface area contributed by atoms with Crippen molar-refractivity contribution in [3.63, 3.8) is 0 Å². The van der Waals surface area contributed by atoms with Gasteiger partial charge in [-0.15, -0.1) is 5.10 Å². The second kappa shape index (κ2) is 8.47. The normalized spacial score (nSPS) is 18.2. The molecule has 1 aromatic heterocycles. The predicted molar refractivity (Wildman–Crippen MR) is 118 cm³/mol. The number of piperidine rings is 1. The molecule has 34 heavy (non-hydrogen) atoms. The first kappa shape index (κ1) is 21.9. The number of nitrogens with zero attached hydrogens (tertiary/aromatic N) is 4. The molecule has 2 aromatic carbocycles. The van der Waals surface area contributed by atoms with Crippen LogP contribution in [0.3, 0.4) is 0 Å². The highest BCUT2D eigenvalue weighted by Crippen LogP contribution is 2.29. The number of aromatic nitrogens is 3. The van der Waals surface area contributed by atoms with Gasteiger partial charge in [-0.05, 0) is 36.2 Å². The van der Waals surface area contributed by atoms with Crippen molar-refractivity contribution in [2.24, 2.45) is 0 Å². The van der Waals surface area contributed by atoms with Crippen molar-refractivity contribution < 1.29 is 22.8 Å². The van der Waals surface area contributed by atoms with Gasteiger partial charge in [0.25, 0.3) is 5.91 Å². The van der Waals surface area contributed by atoms with Crippen LogP contribution in [0.25, 0.3) is 5.69 Å². The maximum absolute atomic E-state index is 13.0. The summed E-state index contributed by atoms with van der Waals surface area (Å²) in [4.78, 5) is 38.3. The molecule has 1 unspecified atom stereocenters. The van der Waals surface area contributed by atoms with Crippen LogP contribution < -0.4 is 10.0 Å². The minimum Gasteiger partial charge on any atom is -0.322 e. The molecule has 1 fully saturated rings. The SMILES string of the molecule is O=C1CCC(N2Cc3ccc(-n4cc(CNS(=O)(=O)c5ccccc5)nn4)cc3C2=O)C(=O)N1. The van der Waals surface area contributed by atoms with Gasteiger partial charge in [-0.2, -0.15) is 0 Å². The first-order valence-corrected chi connectivity index (χ1v) is 12.0. The maximum Gasteiger partial charge on any atom is 0.255 e. The van der Waals surface area contributed by atoms with E-state index in [0.29, 0.717) is 23.4 Å². The number of amides is 3. The molecule has 11 nitrogen and oxygen atoms in total. The van der Waals surface area contributed by atoms with Gasteiger partial charge in [0.05, 0.1) is 29.0 Å². The van der Waals surface area contributed by atoms with Crippen molar-refractivity contribution in [3.8, 4) is 5.69 Å². The van der Waals surface area contributed by atoms with Gasteiger partial charge in [0.1, 0.15) is 6.04 Å². The van der Waals surface area contributed by atoms with Gasteiger partial charge in [0, 0.05) is 18.5 Å². The molecule has 2 aliphatic heterocycles. The van der Waals surface area contributed by atoms with Crippen LogP contribution in [0.15, 0.2) is 59.6 Å². The minimum atomic E-state index is -3.68. The summed E-state index contributed by atoms with van der Waals surface area (Å²) in [6.07, 6.45) is 2.06. The van der Waals surface area contributed by atoms with Crippen LogP contribution in [-0.4, -0.2) is 52.1 Å². The summed E-state index contributed by atoms with van der Waals surface area (Å²) in [7, 11) is -3.68. The third kappa shape index (κ3) is 4.08. The standard InChI is InChI=1S/C22H20N6O5S/c29-20-9-8-19(21(30)24-20)27-12-14-6-7-16(10-18(14)22(27)31)28-13-15(25-26-28)11-23-34(32,33)17-4-2-1-3-5-17/h1-7,10,13,19,23H,8-9,11-12H2,(H,24,29,30). The lowest BCUT2D eigenvalue weighted by molar-refractivity contribution is -0.136. The van der Waals surface area contributed by atoms with E-state index < -0.39 is 22.0 Å². The smallest absolute Gasteiger partial charge is 0.255 e. The van der Waals surface area contributed by atoms with Crippen LogP contribution in [-0.2, 0) is 32.7 Å². The molecule has 3 heterocycles. The van der Waals surface area contributed by atoms with Crippen molar-refractivity contribution in [1.29, 1.82) is 0 Å². The Morgan fingerprint density at radius 2 is 1.88 bits per heavy atom. The van der Waals surface area contributed by atoms with Gasteiger partial charge in [-0.3, -0.25) is 19.7 Å². The van der Waals surface area contributed by atoms with Gasteiger partial charge in [0.15, 0.2) is 0 Å². The van der Waals surface area contributed by atoms with E-state index in [1.807, 2.05) is 0 Å². The van der Waals surface area contributed by atoms with Crippen LogP contribution >= 0.6 is 0 Å². The van der Waals surface area contributed by atoms with Crippen LogP contribution in [0.1, 0.15) is 34.5 Å². The monoisotopic (exact) mass is 480 g/mol. The minimum absolute atomic E-state index is 0.0512. The molecule has 0 saturated carbocycles. The first-order valence-electron chi connectivity index (χ1n) is 10.6. The molecule has 5 rings (SSSR count). The maximum atomic E-state index is 13.0. The zero-order chi connectivity index (χ0) is 23.9. The lowest BCUT2D eigenvalue weighted by Crippen LogP contribution is -2.52. The van der Waals surface area contributed by atoms with Crippen molar-refractivity contribution in [2.75, 3.05) is 0 Å². The third-order valence-corrected chi connectivity index (χ3v) is 7.23. The van der Waals surface area contributed by atoms with Crippen molar-refractivity contribution in [1.82, 2.24) is 29.9 Å². The number of benzene rings is 2. The van der Waals surface area contributed by atoms with E-state index in [1.165, 1.54) is 21.7 Å². The number of rotatable bonds is 6. The summed E-state index contributed by atoms with van der Waals surface area (Å²) in [6.45, 7) is 0.231. The summed E-state index contributed by atoms with van der Waals surface area (Å²) in [5, 5.41) is 10.3. The molecular formula is C22H20N6O5S. The van der Waals surface area contributed by atoms with Gasteiger partial charge < -0.3 is 4.90 Å². The first-order chi connectivity index (χ1) is 16.3. The molecule has 12 heteroatoms. The second-order valence-corrected chi connectivity index (χ2v) is 9.80. The number of carbonyl (C=O) groups excluding carboxylic acids is 3. The largest absolute Gasteiger partial charge is 0.322 e. The van der Waals surface area contributed by atoms with Gasteiger partial charge in [0.2, 0.25) is 21.8 Å². The zero-order valence-electron chi connectivity index (χ0n) is 17.8.